The Balaban J connectivity index is 2.53. The predicted octanol–water partition coefficient (Wildman–Crippen LogP) is -0.0777. The average Bonchev–Trinajstić information content (AvgIpc) is 2.55. The summed E-state index contributed by atoms with van der Waals surface area (Å²) in [6, 6.07) is 0. The molecule has 2 rings (SSSR count). The van der Waals surface area contributed by atoms with Crippen molar-refractivity contribution in [3.8, 4) is 11.5 Å². The highest BCUT2D eigenvalue weighted by atomic mass is 16.3. The molecule has 7 heteroatoms. The third-order valence-electron chi connectivity index (χ3n) is 4.02. The van der Waals surface area contributed by atoms with Crippen LogP contribution in [0, 0.1) is 13.8 Å². The van der Waals surface area contributed by atoms with Gasteiger partial charge in [-0.25, -0.2) is 0 Å². The third kappa shape index (κ3) is 3.12. The van der Waals surface area contributed by atoms with Gasteiger partial charge in [-0.2, -0.15) is 4.57 Å². The van der Waals surface area contributed by atoms with E-state index in [0.29, 0.717) is 28.1 Å². The zero-order valence-corrected chi connectivity index (χ0v) is 13.1. The number of pyridine rings is 2. The lowest BCUT2D eigenvalue weighted by Gasteiger charge is -2.12. The summed E-state index contributed by atoms with van der Waals surface area (Å²) < 4.78 is 1.67. The number of hydrogen-bond acceptors (Lipinski definition) is 6. The van der Waals surface area contributed by atoms with Crippen LogP contribution < -0.4 is 4.57 Å². The third-order valence-corrected chi connectivity index (χ3v) is 4.02. The fourth-order valence-electron chi connectivity index (χ4n) is 2.53. The highest BCUT2D eigenvalue weighted by molar-refractivity contribution is 5.40. The summed E-state index contributed by atoms with van der Waals surface area (Å²) in [4.78, 5) is 4.09. The highest BCUT2D eigenvalue weighted by Crippen LogP contribution is 2.26. The van der Waals surface area contributed by atoms with Crippen molar-refractivity contribution in [3.05, 3.63) is 46.0 Å². The van der Waals surface area contributed by atoms with Gasteiger partial charge in [-0.15, -0.1) is 0 Å². The molecule has 124 valence electrons. The summed E-state index contributed by atoms with van der Waals surface area (Å²) in [5, 5.41) is 48.4. The maximum Gasteiger partial charge on any atom is 0.220 e. The first-order valence-electron chi connectivity index (χ1n) is 7.17. The van der Waals surface area contributed by atoms with Crippen LogP contribution in [0.1, 0.15) is 33.6 Å². The Labute approximate surface area is 133 Å². The molecule has 0 atom stereocenters. The molecule has 0 aliphatic heterocycles. The number of aryl methyl sites for hydroxylation is 1. The minimum absolute atomic E-state index is 0.0539. The van der Waals surface area contributed by atoms with Crippen LogP contribution in [0.15, 0.2) is 12.4 Å². The van der Waals surface area contributed by atoms with Crippen molar-refractivity contribution in [3.63, 3.8) is 0 Å². The van der Waals surface area contributed by atoms with Crippen LogP contribution in [0.4, 0.5) is 0 Å². The van der Waals surface area contributed by atoms with Crippen LogP contribution in [0.3, 0.4) is 0 Å². The molecular weight excluding hydrogens is 300 g/mol. The molecule has 5 N–H and O–H groups in total. The van der Waals surface area contributed by atoms with Gasteiger partial charge in [0.2, 0.25) is 5.69 Å². The monoisotopic (exact) mass is 321 g/mol. The highest BCUT2D eigenvalue weighted by Gasteiger charge is 2.22. The van der Waals surface area contributed by atoms with E-state index in [2.05, 4.69) is 4.98 Å². The lowest BCUT2D eigenvalue weighted by Crippen LogP contribution is -2.39. The molecule has 7 nitrogen and oxygen atoms in total. The van der Waals surface area contributed by atoms with Gasteiger partial charge >= 0.3 is 0 Å². The van der Waals surface area contributed by atoms with E-state index in [0.717, 1.165) is 0 Å². The molecule has 0 fully saturated rings. The van der Waals surface area contributed by atoms with Gasteiger partial charge in [0.1, 0.15) is 5.75 Å². The van der Waals surface area contributed by atoms with E-state index in [4.69, 9.17) is 0 Å². The van der Waals surface area contributed by atoms with Crippen LogP contribution in [-0.2, 0) is 26.4 Å². The van der Waals surface area contributed by atoms with Crippen molar-refractivity contribution >= 4 is 0 Å². The number of aliphatic hydroxyl groups is 3. The second kappa shape index (κ2) is 6.91. The molecule has 23 heavy (non-hydrogen) atoms. The van der Waals surface area contributed by atoms with Gasteiger partial charge < -0.3 is 25.5 Å². The van der Waals surface area contributed by atoms with E-state index < -0.39 is 0 Å². The summed E-state index contributed by atoms with van der Waals surface area (Å²) in [6.07, 6.45) is 3.18. The average molecular weight is 321 g/mol. The second-order valence-electron chi connectivity index (χ2n) is 5.37. The molecule has 0 radical (unpaired) electrons. The Hall–Kier alpha value is -2.22. The minimum Gasteiger partial charge on any atom is -0.506 e. The molecule has 2 aromatic rings. The molecule has 0 unspecified atom stereocenters. The van der Waals surface area contributed by atoms with Gasteiger partial charge in [-0.05, 0) is 6.92 Å². The summed E-state index contributed by atoms with van der Waals surface area (Å²) in [6.45, 7) is 2.52. The maximum atomic E-state index is 10.2. The van der Waals surface area contributed by atoms with Gasteiger partial charge in [-0.3, -0.25) is 4.98 Å². The lowest BCUT2D eigenvalue weighted by molar-refractivity contribution is -0.695. The van der Waals surface area contributed by atoms with Gasteiger partial charge in [0.15, 0.2) is 18.5 Å². The van der Waals surface area contributed by atoms with Gasteiger partial charge in [-0.1, -0.05) is 0 Å². The molecule has 0 aromatic carbocycles. The molecule has 0 aliphatic carbocycles. The predicted molar refractivity (Wildman–Crippen MR) is 80.5 cm³/mol. The Morgan fingerprint density at radius 3 is 2.09 bits per heavy atom. The van der Waals surface area contributed by atoms with Crippen molar-refractivity contribution in [1.29, 1.82) is 0 Å². The van der Waals surface area contributed by atoms with Crippen LogP contribution in [0.2, 0.25) is 0 Å². The van der Waals surface area contributed by atoms with Crippen molar-refractivity contribution in [2.45, 2.75) is 40.2 Å². The van der Waals surface area contributed by atoms with Crippen molar-refractivity contribution in [2.75, 3.05) is 0 Å². The van der Waals surface area contributed by atoms with Gasteiger partial charge in [0, 0.05) is 29.8 Å². The fourth-order valence-corrected chi connectivity index (χ4v) is 2.53. The quantitative estimate of drug-likeness (QED) is 0.492. The topological polar surface area (TPSA) is 118 Å². The zero-order valence-electron chi connectivity index (χ0n) is 13.1. The van der Waals surface area contributed by atoms with Crippen LogP contribution in [-0.4, -0.2) is 30.5 Å². The van der Waals surface area contributed by atoms with E-state index in [1.54, 1.807) is 30.8 Å². The molecular formula is C16H21N2O5+. The largest absolute Gasteiger partial charge is 0.506 e. The first kappa shape index (κ1) is 17.1. The number of aromatic hydroxyl groups is 2. The molecule has 0 saturated carbocycles. The van der Waals surface area contributed by atoms with Gasteiger partial charge in [0.05, 0.1) is 31.1 Å². The van der Waals surface area contributed by atoms with Crippen LogP contribution >= 0.6 is 0 Å². The fraction of sp³-hybridized carbons (Fsp3) is 0.375. The standard InChI is InChI=1S/C16H20N2O5/c1-9-15(22)13(7-20)11(3-17-9)4-18-5-12(6-19)14(8-21)16(23)10(18)2/h3,5,19-21H,4,6-8H2,1-2H3,(H-,22,23)/p+1. The Kier molecular flexibility index (Phi) is 5.15. The minimum atomic E-state index is -0.377. The maximum absolute atomic E-state index is 10.2. The smallest absolute Gasteiger partial charge is 0.220 e. The summed E-state index contributed by atoms with van der Waals surface area (Å²) in [5.74, 6) is -0.143. The molecule has 0 amide bonds. The Morgan fingerprint density at radius 1 is 0.913 bits per heavy atom. The van der Waals surface area contributed by atoms with Crippen LogP contribution in [0.25, 0.3) is 0 Å². The molecule has 0 aliphatic rings. The summed E-state index contributed by atoms with van der Waals surface area (Å²) >= 11 is 0. The van der Waals surface area contributed by atoms with E-state index in [1.807, 2.05) is 0 Å². The Morgan fingerprint density at radius 2 is 1.52 bits per heavy atom. The van der Waals surface area contributed by atoms with Crippen LogP contribution in [0.5, 0.6) is 11.5 Å². The van der Waals surface area contributed by atoms with Crippen molar-refractivity contribution in [1.82, 2.24) is 4.98 Å². The van der Waals surface area contributed by atoms with E-state index in [9.17, 15) is 25.5 Å². The number of aromatic nitrogens is 2. The van der Waals surface area contributed by atoms with E-state index in [1.165, 1.54) is 0 Å². The van der Waals surface area contributed by atoms with E-state index >= 15 is 0 Å². The molecule has 0 spiro atoms. The zero-order chi connectivity index (χ0) is 17.1. The van der Waals surface area contributed by atoms with Crippen molar-refractivity contribution < 1.29 is 30.1 Å². The first-order valence-corrected chi connectivity index (χ1v) is 7.17. The molecule has 2 aromatic heterocycles. The lowest BCUT2D eigenvalue weighted by atomic mass is 10.1. The van der Waals surface area contributed by atoms with Gasteiger partial charge in [0.25, 0.3) is 0 Å². The number of rotatable bonds is 5. The SMILES string of the molecule is Cc1ncc(C[n+]2cc(CO)c(CO)c(O)c2C)c(CO)c1O. The first-order chi connectivity index (χ1) is 10.9. The van der Waals surface area contributed by atoms with Crippen molar-refractivity contribution in [2.24, 2.45) is 0 Å². The molecule has 0 bridgehead atoms. The number of hydrogen-bond donors (Lipinski definition) is 5. The number of nitrogens with zero attached hydrogens (tertiary/aromatic N) is 2. The Bertz CT molecular complexity index is 731. The molecule has 0 saturated heterocycles. The summed E-state index contributed by atoms with van der Waals surface area (Å²) in [5.41, 5.74) is 2.59. The second-order valence-corrected chi connectivity index (χ2v) is 5.37. The number of aliphatic hydroxyl groups excluding tert-OH is 3. The van der Waals surface area contributed by atoms with E-state index in [-0.39, 0.29) is 43.4 Å². The summed E-state index contributed by atoms with van der Waals surface area (Å²) in [7, 11) is 0. The normalized spacial score (nSPS) is 11.0. The molecule has 2 heterocycles.